The van der Waals surface area contributed by atoms with Gasteiger partial charge in [0.1, 0.15) is 0 Å². The maximum absolute atomic E-state index is 11.5. The highest BCUT2D eigenvalue weighted by Crippen LogP contribution is 2.01. The number of H-pyrrole nitrogens is 1. The van der Waals surface area contributed by atoms with Crippen LogP contribution >= 0.6 is 0 Å². The lowest BCUT2D eigenvalue weighted by Crippen LogP contribution is -2.31. The first-order valence-electron chi connectivity index (χ1n) is 5.46. The van der Waals surface area contributed by atoms with Crippen molar-refractivity contribution >= 4 is 5.69 Å². The van der Waals surface area contributed by atoms with E-state index in [4.69, 9.17) is 0 Å². The summed E-state index contributed by atoms with van der Waals surface area (Å²) in [6.45, 7) is 0.202. The molecule has 0 atom stereocenters. The van der Waals surface area contributed by atoms with Crippen molar-refractivity contribution in [3.05, 3.63) is 67.2 Å². The molecule has 0 unspecified atom stereocenters. The van der Waals surface area contributed by atoms with Crippen LogP contribution in [0.3, 0.4) is 0 Å². The quantitative estimate of drug-likeness (QED) is 0.619. The minimum Gasteiger partial charge on any atom is -0.293 e. The fourth-order valence-electron chi connectivity index (χ4n) is 1.57. The lowest BCUT2D eigenvalue weighted by molar-refractivity contribution is -0.386. The number of nitrogens with one attached hydrogen (secondary N) is 1. The molecule has 0 amide bonds. The number of pyridine rings is 1. The maximum Gasteiger partial charge on any atom is 0.350 e. The Kier molecular flexibility index (Phi) is 3.51. The lowest BCUT2D eigenvalue weighted by Gasteiger charge is -2.04. The van der Waals surface area contributed by atoms with Crippen LogP contribution in [0.1, 0.15) is 5.69 Å². The molecule has 8 nitrogen and oxygen atoms in total. The Hall–Kier alpha value is -2.77. The number of aromatic amines is 1. The van der Waals surface area contributed by atoms with E-state index < -0.39 is 21.9 Å². The molecule has 98 valence electrons. The number of rotatable bonds is 4. The Labute approximate surface area is 106 Å². The van der Waals surface area contributed by atoms with Crippen LogP contribution < -0.4 is 11.2 Å². The van der Waals surface area contributed by atoms with E-state index in [0.717, 1.165) is 16.5 Å². The van der Waals surface area contributed by atoms with Gasteiger partial charge in [0.05, 0.1) is 11.1 Å². The minimum absolute atomic E-state index is 0.202. The summed E-state index contributed by atoms with van der Waals surface area (Å²) in [7, 11) is 0. The van der Waals surface area contributed by atoms with Gasteiger partial charge in [0.2, 0.25) is 0 Å². The summed E-state index contributed by atoms with van der Waals surface area (Å²) in [5.74, 6) is 0. The van der Waals surface area contributed by atoms with Crippen molar-refractivity contribution in [2.24, 2.45) is 0 Å². The molecule has 0 aliphatic heterocycles. The summed E-state index contributed by atoms with van der Waals surface area (Å²) in [5.41, 5.74) is -1.57. The first-order chi connectivity index (χ1) is 9.08. The normalized spacial score (nSPS) is 10.3. The zero-order valence-electron chi connectivity index (χ0n) is 9.78. The topological polar surface area (TPSA) is 111 Å². The maximum atomic E-state index is 11.5. The van der Waals surface area contributed by atoms with Crippen LogP contribution in [0.15, 0.2) is 40.2 Å². The van der Waals surface area contributed by atoms with Crippen molar-refractivity contribution in [2.45, 2.75) is 13.0 Å². The lowest BCUT2D eigenvalue weighted by atomic mass is 10.3. The molecule has 19 heavy (non-hydrogen) atoms. The van der Waals surface area contributed by atoms with Gasteiger partial charge in [-0.25, -0.2) is 4.79 Å². The molecule has 2 rings (SSSR count). The summed E-state index contributed by atoms with van der Waals surface area (Å²) in [5, 5.41) is 10.6. The van der Waals surface area contributed by atoms with Crippen LogP contribution in [0.2, 0.25) is 0 Å². The summed E-state index contributed by atoms with van der Waals surface area (Å²) in [6.07, 6.45) is 3.00. The second kappa shape index (κ2) is 5.25. The van der Waals surface area contributed by atoms with Crippen LogP contribution in [0.4, 0.5) is 5.69 Å². The van der Waals surface area contributed by atoms with Crippen molar-refractivity contribution in [3.8, 4) is 0 Å². The summed E-state index contributed by atoms with van der Waals surface area (Å²) in [4.78, 5) is 38.5. The summed E-state index contributed by atoms with van der Waals surface area (Å²) >= 11 is 0. The number of hydrogen-bond donors (Lipinski definition) is 1. The number of nitrogens with zero attached hydrogens (tertiary/aromatic N) is 3. The van der Waals surface area contributed by atoms with Gasteiger partial charge in [0.15, 0.2) is 0 Å². The molecule has 0 aliphatic rings. The van der Waals surface area contributed by atoms with E-state index in [1.807, 2.05) is 4.98 Å². The fraction of sp³-hybridized carbons (Fsp3) is 0.182. The third-order valence-electron chi connectivity index (χ3n) is 2.52. The summed E-state index contributed by atoms with van der Waals surface area (Å²) in [6, 6.07) is 5.35. The predicted molar refractivity (Wildman–Crippen MR) is 65.9 cm³/mol. The van der Waals surface area contributed by atoms with Crippen LogP contribution in [0, 0.1) is 10.1 Å². The smallest absolute Gasteiger partial charge is 0.293 e. The standard InChI is InChI=1S/C11H10N4O4/c16-10-9(15(18)19)7-14(11(17)13-10)6-4-8-3-1-2-5-12-8/h1-3,5,7H,4,6H2,(H,13,16,17). The first-order valence-corrected chi connectivity index (χ1v) is 5.46. The molecule has 2 aromatic rings. The van der Waals surface area contributed by atoms with Crippen LogP contribution in [0.5, 0.6) is 0 Å². The van der Waals surface area contributed by atoms with Crippen LogP contribution in [0.25, 0.3) is 0 Å². The van der Waals surface area contributed by atoms with Gasteiger partial charge in [0.25, 0.3) is 0 Å². The van der Waals surface area contributed by atoms with Gasteiger partial charge in [0, 0.05) is 24.9 Å². The van der Waals surface area contributed by atoms with Gasteiger partial charge < -0.3 is 0 Å². The Morgan fingerprint density at radius 3 is 2.79 bits per heavy atom. The fourth-order valence-corrected chi connectivity index (χ4v) is 1.57. The molecule has 0 bridgehead atoms. The molecule has 0 saturated heterocycles. The van der Waals surface area contributed by atoms with E-state index in [1.54, 1.807) is 24.4 Å². The van der Waals surface area contributed by atoms with Crippen molar-refractivity contribution < 1.29 is 4.92 Å². The van der Waals surface area contributed by atoms with Crippen LogP contribution in [-0.4, -0.2) is 19.5 Å². The Bertz CT molecular complexity index is 705. The molecular formula is C11H10N4O4. The average Bonchev–Trinajstić information content (AvgIpc) is 2.38. The third kappa shape index (κ3) is 2.92. The molecule has 0 aromatic carbocycles. The highest BCUT2D eigenvalue weighted by molar-refractivity contribution is 5.20. The van der Waals surface area contributed by atoms with E-state index >= 15 is 0 Å². The Balaban J connectivity index is 2.26. The summed E-state index contributed by atoms with van der Waals surface area (Å²) < 4.78 is 1.09. The minimum atomic E-state index is -0.996. The molecule has 2 aromatic heterocycles. The molecule has 0 radical (unpaired) electrons. The van der Waals surface area contributed by atoms with E-state index in [1.165, 1.54) is 0 Å². The van der Waals surface area contributed by atoms with E-state index in [-0.39, 0.29) is 6.54 Å². The largest absolute Gasteiger partial charge is 0.350 e. The first kappa shape index (κ1) is 12.7. The average molecular weight is 262 g/mol. The van der Waals surface area contributed by atoms with Crippen molar-refractivity contribution in [3.63, 3.8) is 0 Å². The third-order valence-corrected chi connectivity index (χ3v) is 2.52. The van der Waals surface area contributed by atoms with Crippen molar-refractivity contribution in [2.75, 3.05) is 0 Å². The Morgan fingerprint density at radius 2 is 2.16 bits per heavy atom. The highest BCUT2D eigenvalue weighted by atomic mass is 16.6. The van der Waals surface area contributed by atoms with E-state index in [2.05, 4.69) is 4.98 Å². The molecule has 0 fully saturated rings. The molecule has 2 heterocycles. The number of aryl methyl sites for hydroxylation is 2. The second-order valence-electron chi connectivity index (χ2n) is 3.80. The molecule has 0 aliphatic carbocycles. The van der Waals surface area contributed by atoms with Gasteiger partial charge in [-0.2, -0.15) is 0 Å². The predicted octanol–water partition coefficient (Wildman–Crippen LogP) is 0.0825. The molecule has 0 spiro atoms. The number of nitro groups is 1. The molecule has 0 saturated carbocycles. The van der Waals surface area contributed by atoms with Gasteiger partial charge in [-0.05, 0) is 12.1 Å². The monoisotopic (exact) mass is 262 g/mol. The van der Waals surface area contributed by atoms with Crippen molar-refractivity contribution in [1.82, 2.24) is 14.5 Å². The van der Waals surface area contributed by atoms with Crippen LogP contribution in [-0.2, 0) is 13.0 Å². The molecular weight excluding hydrogens is 252 g/mol. The highest BCUT2D eigenvalue weighted by Gasteiger charge is 2.14. The SMILES string of the molecule is O=c1[nH]c(=O)n(CCc2ccccn2)cc1[N+](=O)[O-]. The van der Waals surface area contributed by atoms with E-state index in [0.29, 0.717) is 6.42 Å². The van der Waals surface area contributed by atoms with Gasteiger partial charge in [-0.15, -0.1) is 0 Å². The molecule has 8 heteroatoms. The second-order valence-corrected chi connectivity index (χ2v) is 3.80. The van der Waals surface area contributed by atoms with Crippen molar-refractivity contribution in [1.29, 1.82) is 0 Å². The van der Waals surface area contributed by atoms with Gasteiger partial charge >= 0.3 is 16.9 Å². The van der Waals surface area contributed by atoms with Gasteiger partial charge in [-0.1, -0.05) is 6.07 Å². The number of hydrogen-bond acceptors (Lipinski definition) is 5. The zero-order chi connectivity index (χ0) is 13.8. The molecule has 1 N–H and O–H groups in total. The number of aromatic nitrogens is 3. The van der Waals surface area contributed by atoms with Gasteiger partial charge in [-0.3, -0.25) is 29.4 Å². The Morgan fingerprint density at radius 1 is 1.37 bits per heavy atom. The van der Waals surface area contributed by atoms with E-state index in [9.17, 15) is 19.7 Å². The zero-order valence-corrected chi connectivity index (χ0v) is 9.78.